The van der Waals surface area contributed by atoms with Crippen molar-refractivity contribution in [1.29, 1.82) is 0 Å². The molecule has 2 fully saturated rings. The number of carbonyl (C=O) groups is 2. The molecule has 1 aliphatic heterocycles. The number of aliphatic hydroxyl groups is 1. The van der Waals surface area contributed by atoms with Crippen LogP contribution in [0.4, 0.5) is 10.5 Å². The summed E-state index contributed by atoms with van der Waals surface area (Å²) in [6.07, 6.45) is 4.22. The second-order valence-electron chi connectivity index (χ2n) is 9.14. The lowest BCUT2D eigenvalue weighted by Gasteiger charge is -2.45. The summed E-state index contributed by atoms with van der Waals surface area (Å²) in [4.78, 5) is 33.3. The topological polar surface area (TPSA) is 95.0 Å². The van der Waals surface area contributed by atoms with Gasteiger partial charge >= 0.3 is 6.03 Å². The van der Waals surface area contributed by atoms with Gasteiger partial charge in [0.25, 0.3) is 0 Å². The van der Waals surface area contributed by atoms with Crippen molar-refractivity contribution in [3.8, 4) is 5.88 Å². The van der Waals surface area contributed by atoms with Gasteiger partial charge < -0.3 is 14.7 Å². The number of pyridine rings is 1. The number of ether oxygens (including phenoxy) is 1. The number of hydrogen-bond donors (Lipinski definition) is 2. The largest absolute Gasteiger partial charge is 0.449 e. The van der Waals surface area contributed by atoms with Crippen LogP contribution in [0.5, 0.6) is 5.88 Å². The Morgan fingerprint density at radius 1 is 0.943 bits per heavy atom. The van der Waals surface area contributed by atoms with Crippen LogP contribution in [0.15, 0.2) is 66.9 Å². The predicted octanol–water partition coefficient (Wildman–Crippen LogP) is 3.90. The van der Waals surface area contributed by atoms with Gasteiger partial charge in [-0.25, -0.2) is 9.78 Å². The van der Waals surface area contributed by atoms with Crippen molar-refractivity contribution in [3.63, 3.8) is 0 Å². The molecule has 1 aromatic heterocycles. The average molecular weight is 475 g/mol. The fourth-order valence-electron chi connectivity index (χ4n) is 4.93. The zero-order valence-corrected chi connectivity index (χ0v) is 19.5. The monoisotopic (exact) mass is 474 g/mol. The third-order valence-electron chi connectivity index (χ3n) is 6.87. The lowest BCUT2D eigenvalue weighted by molar-refractivity contribution is -0.125. The van der Waals surface area contributed by atoms with Crippen molar-refractivity contribution < 1.29 is 19.4 Å². The highest BCUT2D eigenvalue weighted by Gasteiger charge is 2.41. The van der Waals surface area contributed by atoms with E-state index in [0.717, 1.165) is 48.6 Å². The van der Waals surface area contributed by atoms with E-state index in [9.17, 15) is 14.7 Å². The number of rotatable bonds is 4. The highest BCUT2D eigenvalue weighted by Crippen LogP contribution is 2.28. The van der Waals surface area contributed by atoms with E-state index in [4.69, 9.17) is 4.74 Å². The molecule has 3 amide bonds. The Labute approximate surface area is 204 Å². The lowest BCUT2D eigenvalue weighted by atomic mass is 9.89. The van der Waals surface area contributed by atoms with E-state index in [1.165, 1.54) is 4.90 Å². The zero-order chi connectivity index (χ0) is 24.2. The van der Waals surface area contributed by atoms with Crippen molar-refractivity contribution >= 4 is 28.4 Å². The van der Waals surface area contributed by atoms with E-state index in [0.29, 0.717) is 12.4 Å². The molecule has 8 heteroatoms. The molecule has 5 rings (SSSR count). The van der Waals surface area contributed by atoms with Crippen molar-refractivity contribution in [2.75, 3.05) is 18.0 Å². The van der Waals surface area contributed by atoms with Crippen LogP contribution in [0, 0.1) is 5.92 Å². The molecule has 2 aliphatic rings. The van der Waals surface area contributed by atoms with E-state index in [1.807, 2.05) is 65.6 Å². The minimum atomic E-state index is -1.31. The van der Waals surface area contributed by atoms with Gasteiger partial charge in [-0.2, -0.15) is 0 Å². The van der Waals surface area contributed by atoms with Gasteiger partial charge in [-0.1, -0.05) is 61.7 Å². The van der Waals surface area contributed by atoms with Gasteiger partial charge in [0.05, 0.1) is 0 Å². The summed E-state index contributed by atoms with van der Waals surface area (Å²) >= 11 is 0. The zero-order valence-electron chi connectivity index (χ0n) is 19.5. The number of aromatic nitrogens is 1. The van der Waals surface area contributed by atoms with Crippen molar-refractivity contribution in [1.82, 2.24) is 15.2 Å². The molecule has 3 aromatic rings. The molecule has 1 aliphatic carbocycles. The number of amides is 3. The summed E-state index contributed by atoms with van der Waals surface area (Å²) in [7, 11) is 0. The van der Waals surface area contributed by atoms with Crippen LogP contribution in [0.1, 0.15) is 32.1 Å². The van der Waals surface area contributed by atoms with Crippen molar-refractivity contribution in [2.24, 2.45) is 5.92 Å². The molecule has 2 N–H and O–H groups in total. The van der Waals surface area contributed by atoms with Crippen molar-refractivity contribution in [3.05, 3.63) is 66.9 Å². The maximum atomic E-state index is 13.0. The number of nitrogens with one attached hydrogen (secondary N) is 1. The molecule has 0 radical (unpaired) electrons. The molecular weight excluding hydrogens is 444 g/mol. The summed E-state index contributed by atoms with van der Waals surface area (Å²) in [5.74, 6) is -0.0698. The number of piperazine rings is 1. The molecule has 1 saturated heterocycles. The second kappa shape index (κ2) is 10.3. The van der Waals surface area contributed by atoms with Crippen LogP contribution < -0.4 is 15.0 Å². The van der Waals surface area contributed by atoms with E-state index in [-0.39, 0.29) is 18.4 Å². The average Bonchev–Trinajstić information content (AvgIpc) is 2.90. The Balaban J connectivity index is 1.37. The smallest absolute Gasteiger partial charge is 0.326 e. The van der Waals surface area contributed by atoms with Crippen molar-refractivity contribution in [2.45, 2.75) is 44.6 Å². The third kappa shape index (κ3) is 5.07. The molecular formula is C27H30N4O4. The van der Waals surface area contributed by atoms with Gasteiger partial charge in [-0.3, -0.25) is 15.0 Å². The minimum Gasteiger partial charge on any atom is -0.449 e. The van der Waals surface area contributed by atoms with Crippen LogP contribution in [-0.2, 0) is 4.79 Å². The van der Waals surface area contributed by atoms with E-state index in [2.05, 4.69) is 10.3 Å². The number of para-hydroxylation sites is 1. The number of nitrogens with zero attached hydrogens (tertiary/aromatic N) is 3. The number of aliphatic hydroxyl groups excluding tert-OH is 1. The van der Waals surface area contributed by atoms with Gasteiger partial charge in [0.2, 0.25) is 18.0 Å². The fraction of sp³-hybridized carbons (Fsp3) is 0.370. The van der Waals surface area contributed by atoms with Crippen LogP contribution in [0.2, 0.25) is 0 Å². The van der Waals surface area contributed by atoms with Gasteiger partial charge in [0, 0.05) is 42.3 Å². The Kier molecular flexibility index (Phi) is 6.81. The summed E-state index contributed by atoms with van der Waals surface area (Å²) in [5.41, 5.74) is 0.857. The third-order valence-corrected chi connectivity index (χ3v) is 6.87. The van der Waals surface area contributed by atoms with E-state index < -0.39 is 18.5 Å². The number of fused-ring (bicyclic) bond motifs is 1. The number of benzene rings is 2. The van der Waals surface area contributed by atoms with Gasteiger partial charge in [-0.05, 0) is 30.4 Å². The summed E-state index contributed by atoms with van der Waals surface area (Å²) in [6, 6.07) is 18.6. The molecule has 35 heavy (non-hydrogen) atoms. The first-order chi connectivity index (χ1) is 17.1. The summed E-state index contributed by atoms with van der Waals surface area (Å²) < 4.78 is 6.20. The first kappa shape index (κ1) is 23.1. The molecule has 2 atom stereocenters. The SMILES string of the molecule is O=C(NC(=O)N1CCN(c2ccccc2)C(Oc2cc3ccccc3cn2)C1O)C1CCCCC1. The normalized spacial score (nSPS) is 21.1. The van der Waals surface area contributed by atoms with Crippen LogP contribution in [0.25, 0.3) is 10.8 Å². The van der Waals surface area contributed by atoms with Crippen LogP contribution >= 0.6 is 0 Å². The number of carbonyl (C=O) groups excluding carboxylic acids is 2. The number of hydrogen-bond acceptors (Lipinski definition) is 6. The van der Waals surface area contributed by atoms with E-state index in [1.54, 1.807) is 6.20 Å². The lowest BCUT2D eigenvalue weighted by Crippen LogP contribution is -2.65. The molecule has 0 spiro atoms. The Morgan fingerprint density at radius 2 is 1.66 bits per heavy atom. The summed E-state index contributed by atoms with van der Waals surface area (Å²) in [6.45, 7) is 0.662. The van der Waals surface area contributed by atoms with Crippen LogP contribution in [-0.4, -0.2) is 52.5 Å². The molecule has 0 bridgehead atoms. The van der Waals surface area contributed by atoms with Crippen LogP contribution in [0.3, 0.4) is 0 Å². The molecule has 2 aromatic carbocycles. The predicted molar refractivity (Wildman–Crippen MR) is 133 cm³/mol. The first-order valence-electron chi connectivity index (χ1n) is 12.2. The van der Waals surface area contributed by atoms with Gasteiger partial charge in [-0.15, -0.1) is 0 Å². The highest BCUT2D eigenvalue weighted by molar-refractivity contribution is 5.95. The van der Waals surface area contributed by atoms with Gasteiger partial charge in [0.1, 0.15) is 0 Å². The number of imide groups is 1. The Morgan fingerprint density at radius 3 is 2.43 bits per heavy atom. The van der Waals surface area contributed by atoms with Gasteiger partial charge in [0.15, 0.2) is 6.23 Å². The quantitative estimate of drug-likeness (QED) is 0.596. The number of anilines is 1. The molecule has 182 valence electrons. The second-order valence-corrected chi connectivity index (χ2v) is 9.14. The number of urea groups is 1. The molecule has 8 nitrogen and oxygen atoms in total. The maximum Gasteiger partial charge on any atom is 0.326 e. The highest BCUT2D eigenvalue weighted by atomic mass is 16.5. The first-order valence-corrected chi connectivity index (χ1v) is 12.2. The molecule has 1 saturated carbocycles. The van der Waals surface area contributed by atoms with E-state index >= 15 is 0 Å². The summed E-state index contributed by atoms with van der Waals surface area (Å²) in [5, 5.41) is 15.7. The fourth-order valence-corrected chi connectivity index (χ4v) is 4.93. The molecule has 2 heterocycles. The standard InChI is InChI=1S/C27H30N4O4/c32-24(19-9-3-1-4-10-19)29-27(34)31-16-15-30(22-13-5-2-6-14-22)26(25(31)33)35-23-17-20-11-7-8-12-21(20)18-28-23/h2,5-8,11-14,17-19,25-26,33H,1,3-4,9-10,15-16H2,(H,29,32,34). The Hall–Kier alpha value is -3.65. The Bertz CT molecular complexity index is 1180. The maximum absolute atomic E-state index is 13.0. The molecule has 2 unspecified atom stereocenters. The minimum absolute atomic E-state index is 0.149.